The fourth-order valence-electron chi connectivity index (χ4n) is 6.02. The van der Waals surface area contributed by atoms with Gasteiger partial charge in [-0.25, -0.2) is 18.9 Å². The van der Waals surface area contributed by atoms with E-state index in [2.05, 4.69) is 20.4 Å². The van der Waals surface area contributed by atoms with Gasteiger partial charge in [0, 0.05) is 54.8 Å². The Morgan fingerprint density at radius 1 is 0.873 bits per heavy atom. The molecule has 0 atom stereocenters. The second-order valence-corrected chi connectivity index (χ2v) is 13.5. The summed E-state index contributed by atoms with van der Waals surface area (Å²) in [6.07, 6.45) is 9.07. The number of aromatic nitrogens is 3. The lowest BCUT2D eigenvalue weighted by atomic mass is 9.91. The minimum Gasteiger partial charge on any atom is -0.475 e. The van der Waals surface area contributed by atoms with Crippen molar-refractivity contribution in [2.24, 2.45) is 16.5 Å². The minimum atomic E-state index is -0.458. The molecule has 0 spiro atoms. The smallest absolute Gasteiger partial charge is 0.213 e. The summed E-state index contributed by atoms with van der Waals surface area (Å²) in [6.45, 7) is 7.84. The number of nitrogens with two attached hydrogens (primary N) is 2. The average Bonchev–Trinajstić information content (AvgIpc) is 3.61. The SMILES string of the molecule is COCCOCCOCCOCCOCCOCCOc1cc(C)c(-c2cc3c(NC4CCC(N)CC4)c(C(N)=Nc4cc(F)ccc4Cl)cnn3c2)cn1. The van der Waals surface area contributed by atoms with Crippen molar-refractivity contribution in [3.05, 3.63) is 70.9 Å². The fraction of sp³-hybridized carbons (Fsp3) is 0.513. The van der Waals surface area contributed by atoms with E-state index >= 15 is 0 Å². The summed E-state index contributed by atoms with van der Waals surface area (Å²) < 4.78 is 54.1. The summed E-state index contributed by atoms with van der Waals surface area (Å²) in [5.41, 5.74) is 18.0. The summed E-state index contributed by atoms with van der Waals surface area (Å²) >= 11 is 6.31. The van der Waals surface area contributed by atoms with Crippen LogP contribution in [0.4, 0.5) is 15.8 Å². The molecule has 300 valence electrons. The molecule has 1 saturated carbocycles. The number of benzene rings is 1. The number of hydrogen-bond acceptors (Lipinski definition) is 12. The van der Waals surface area contributed by atoms with E-state index in [1.165, 1.54) is 18.2 Å². The summed E-state index contributed by atoms with van der Waals surface area (Å²) in [6, 6.07) is 8.31. The van der Waals surface area contributed by atoms with Gasteiger partial charge in [-0.1, -0.05) is 11.6 Å². The average molecular weight is 786 g/mol. The van der Waals surface area contributed by atoms with Gasteiger partial charge in [0.25, 0.3) is 0 Å². The second kappa shape index (κ2) is 22.6. The zero-order valence-corrected chi connectivity index (χ0v) is 32.4. The van der Waals surface area contributed by atoms with Gasteiger partial charge in [0.2, 0.25) is 5.88 Å². The number of anilines is 1. The Morgan fingerprint density at radius 2 is 1.49 bits per heavy atom. The third kappa shape index (κ3) is 13.4. The first-order chi connectivity index (χ1) is 26.8. The molecule has 0 aliphatic heterocycles. The van der Waals surface area contributed by atoms with Gasteiger partial charge in [-0.3, -0.25) is 0 Å². The molecular weight excluding hydrogens is 733 g/mol. The third-order valence-electron chi connectivity index (χ3n) is 8.98. The molecule has 0 radical (unpaired) electrons. The minimum absolute atomic E-state index is 0.162. The van der Waals surface area contributed by atoms with Crippen LogP contribution >= 0.6 is 11.6 Å². The lowest BCUT2D eigenvalue weighted by Crippen LogP contribution is -2.33. The molecule has 3 aromatic heterocycles. The van der Waals surface area contributed by atoms with E-state index in [1.54, 1.807) is 24.0 Å². The van der Waals surface area contributed by atoms with Gasteiger partial charge in [0.15, 0.2) is 0 Å². The van der Waals surface area contributed by atoms with Crippen molar-refractivity contribution in [2.75, 3.05) is 91.7 Å². The van der Waals surface area contributed by atoms with Gasteiger partial charge >= 0.3 is 0 Å². The summed E-state index contributed by atoms with van der Waals surface area (Å²) in [5, 5.41) is 8.65. The molecule has 0 amide bonds. The van der Waals surface area contributed by atoms with Gasteiger partial charge in [-0.2, -0.15) is 5.10 Å². The number of methoxy groups -OCH3 is 1. The van der Waals surface area contributed by atoms with Crippen LogP contribution in [-0.2, 0) is 28.4 Å². The van der Waals surface area contributed by atoms with Crippen LogP contribution in [0.3, 0.4) is 0 Å². The van der Waals surface area contributed by atoms with Crippen LogP contribution in [0, 0.1) is 12.7 Å². The number of aliphatic imine (C=N–C) groups is 1. The second-order valence-electron chi connectivity index (χ2n) is 13.1. The van der Waals surface area contributed by atoms with Crippen LogP contribution in [0.5, 0.6) is 5.88 Å². The molecule has 1 aliphatic carbocycles. The lowest BCUT2D eigenvalue weighted by molar-refractivity contribution is -0.0159. The maximum atomic E-state index is 14.0. The van der Waals surface area contributed by atoms with Crippen LogP contribution in [0.2, 0.25) is 5.02 Å². The molecular formula is C39H53ClFN7O7. The lowest BCUT2D eigenvalue weighted by Gasteiger charge is -2.28. The zero-order valence-electron chi connectivity index (χ0n) is 31.6. The summed E-state index contributed by atoms with van der Waals surface area (Å²) in [4.78, 5) is 9.04. The molecule has 1 aromatic carbocycles. The first kappa shape index (κ1) is 42.2. The number of hydrogen-bond donors (Lipinski definition) is 3. The molecule has 1 fully saturated rings. The van der Waals surface area contributed by atoms with Crippen LogP contribution in [-0.4, -0.2) is 119 Å². The monoisotopic (exact) mass is 785 g/mol. The van der Waals surface area contributed by atoms with Gasteiger partial charge in [0.05, 0.1) is 106 Å². The van der Waals surface area contributed by atoms with E-state index in [0.29, 0.717) is 95.7 Å². The predicted molar refractivity (Wildman–Crippen MR) is 210 cm³/mol. The molecule has 55 heavy (non-hydrogen) atoms. The van der Waals surface area contributed by atoms with Gasteiger partial charge < -0.3 is 49.9 Å². The summed E-state index contributed by atoms with van der Waals surface area (Å²) in [7, 11) is 1.64. The highest BCUT2D eigenvalue weighted by Gasteiger charge is 2.23. The Kier molecular flexibility index (Phi) is 17.3. The number of ether oxygens (including phenoxy) is 7. The number of nitrogens with one attached hydrogen (secondary N) is 1. The Morgan fingerprint density at radius 3 is 2.11 bits per heavy atom. The van der Waals surface area contributed by atoms with E-state index in [-0.39, 0.29) is 23.6 Å². The van der Waals surface area contributed by atoms with Crippen LogP contribution < -0.4 is 21.5 Å². The van der Waals surface area contributed by atoms with Crippen molar-refractivity contribution >= 4 is 34.3 Å². The zero-order chi connectivity index (χ0) is 38.8. The Bertz CT molecular complexity index is 1810. The van der Waals surface area contributed by atoms with Crippen molar-refractivity contribution in [3.8, 4) is 17.0 Å². The number of fused-ring (bicyclic) bond motifs is 1. The molecule has 16 heteroatoms. The number of pyridine rings is 1. The predicted octanol–water partition coefficient (Wildman–Crippen LogP) is 5.32. The molecule has 3 heterocycles. The molecule has 1 aliphatic rings. The van der Waals surface area contributed by atoms with Crippen LogP contribution in [0.25, 0.3) is 16.6 Å². The van der Waals surface area contributed by atoms with Crippen LogP contribution in [0.1, 0.15) is 36.8 Å². The van der Waals surface area contributed by atoms with Crippen molar-refractivity contribution in [2.45, 2.75) is 44.7 Å². The van der Waals surface area contributed by atoms with Gasteiger partial charge in [0.1, 0.15) is 18.3 Å². The largest absolute Gasteiger partial charge is 0.475 e. The molecule has 5 rings (SSSR count). The van der Waals surface area contributed by atoms with Crippen LogP contribution in [0.15, 0.2) is 53.9 Å². The van der Waals surface area contributed by atoms with E-state index in [4.69, 9.17) is 56.2 Å². The Balaban J connectivity index is 1.10. The molecule has 14 nitrogen and oxygen atoms in total. The number of halogens is 2. The maximum absolute atomic E-state index is 14.0. The summed E-state index contributed by atoms with van der Waals surface area (Å²) in [5.74, 6) is 0.208. The molecule has 0 saturated heterocycles. The number of rotatable bonds is 24. The molecule has 0 unspecified atom stereocenters. The van der Waals surface area contributed by atoms with Crippen molar-refractivity contribution < 1.29 is 37.5 Å². The van der Waals surface area contributed by atoms with E-state index in [0.717, 1.165) is 53.6 Å². The maximum Gasteiger partial charge on any atom is 0.213 e. The standard InChI is InChI=1S/C39H53ClFN7O7/c1-27-21-37(55-20-19-54-18-17-53-16-15-52-14-13-51-12-11-50-10-9-49-2)44-24-32(27)28-22-36-38(46-31-6-4-30(42)5-7-31)33(25-45-48(36)26-28)39(43)47-35-23-29(41)3-8-34(35)40/h3,8,21-26,30-31,46H,4-7,9-20,42H2,1-2H3,(H2,43,47). The van der Waals surface area contributed by atoms with E-state index in [9.17, 15) is 4.39 Å². The highest BCUT2D eigenvalue weighted by molar-refractivity contribution is 6.33. The number of aryl methyl sites for hydroxylation is 1. The Labute approximate surface area is 326 Å². The topological polar surface area (TPSA) is 171 Å². The van der Waals surface area contributed by atoms with Crippen molar-refractivity contribution in [1.82, 2.24) is 14.6 Å². The first-order valence-corrected chi connectivity index (χ1v) is 19.0. The van der Waals surface area contributed by atoms with Gasteiger partial charge in [-0.15, -0.1) is 0 Å². The number of nitrogens with zero attached hydrogens (tertiary/aromatic N) is 4. The van der Waals surface area contributed by atoms with Crippen molar-refractivity contribution in [1.29, 1.82) is 0 Å². The van der Waals surface area contributed by atoms with E-state index in [1.807, 2.05) is 25.3 Å². The number of amidine groups is 1. The van der Waals surface area contributed by atoms with E-state index < -0.39 is 5.82 Å². The Hall–Kier alpha value is -3.93. The molecule has 4 aromatic rings. The molecule has 0 bridgehead atoms. The first-order valence-electron chi connectivity index (χ1n) is 18.6. The quantitative estimate of drug-likeness (QED) is 0.0475. The highest BCUT2D eigenvalue weighted by Crippen LogP contribution is 2.34. The van der Waals surface area contributed by atoms with Gasteiger partial charge in [-0.05, 0) is 56.4 Å². The fourth-order valence-corrected chi connectivity index (χ4v) is 6.18. The molecule has 5 N–H and O–H groups in total. The normalized spacial score (nSPS) is 16.2. The third-order valence-corrected chi connectivity index (χ3v) is 9.30. The van der Waals surface area contributed by atoms with Crippen molar-refractivity contribution in [3.63, 3.8) is 0 Å². The highest BCUT2D eigenvalue weighted by atomic mass is 35.5.